The predicted octanol–water partition coefficient (Wildman–Crippen LogP) is 1.98. The normalized spacial score (nSPS) is 23.7. The summed E-state index contributed by atoms with van der Waals surface area (Å²) in [6.07, 6.45) is 2.49. The van der Waals surface area contributed by atoms with E-state index in [4.69, 9.17) is 11.6 Å². The number of anilines is 1. The number of hydrogen-bond donors (Lipinski definition) is 2. The van der Waals surface area contributed by atoms with Gasteiger partial charge in [-0.1, -0.05) is 23.7 Å². The molecule has 0 saturated carbocycles. The van der Waals surface area contributed by atoms with Crippen LogP contribution in [0, 0.1) is 5.92 Å². The van der Waals surface area contributed by atoms with Crippen LogP contribution in [0.5, 0.6) is 0 Å². The Bertz CT molecular complexity index is 576. The van der Waals surface area contributed by atoms with Crippen LogP contribution in [0.1, 0.15) is 19.3 Å². The SMILES string of the molecule is Cl.O=C(NCC1CCCN1)C1CC(=O)N(c2ccccc2Cl)C1. The van der Waals surface area contributed by atoms with Gasteiger partial charge in [0.1, 0.15) is 0 Å². The van der Waals surface area contributed by atoms with Gasteiger partial charge in [-0.3, -0.25) is 9.59 Å². The van der Waals surface area contributed by atoms with Gasteiger partial charge < -0.3 is 15.5 Å². The smallest absolute Gasteiger partial charge is 0.227 e. The molecule has 2 atom stereocenters. The van der Waals surface area contributed by atoms with Gasteiger partial charge in [0.15, 0.2) is 0 Å². The molecule has 1 aromatic carbocycles. The first-order valence-corrected chi connectivity index (χ1v) is 8.09. The van der Waals surface area contributed by atoms with E-state index in [0.717, 1.165) is 19.4 Å². The van der Waals surface area contributed by atoms with Crippen molar-refractivity contribution >= 4 is 41.5 Å². The number of benzene rings is 1. The number of para-hydroxylation sites is 1. The molecule has 2 aliphatic heterocycles. The molecule has 0 bridgehead atoms. The lowest BCUT2D eigenvalue weighted by molar-refractivity contribution is -0.126. The quantitative estimate of drug-likeness (QED) is 0.865. The molecular formula is C16H21Cl2N3O2. The topological polar surface area (TPSA) is 61.4 Å². The second-order valence-electron chi connectivity index (χ2n) is 5.90. The molecule has 0 aromatic heterocycles. The Labute approximate surface area is 147 Å². The lowest BCUT2D eigenvalue weighted by atomic mass is 10.1. The highest BCUT2D eigenvalue weighted by Crippen LogP contribution is 2.30. The van der Waals surface area contributed by atoms with E-state index in [-0.39, 0.29) is 36.6 Å². The van der Waals surface area contributed by atoms with Crippen molar-refractivity contribution in [1.82, 2.24) is 10.6 Å². The van der Waals surface area contributed by atoms with Crippen molar-refractivity contribution in [3.8, 4) is 0 Å². The second-order valence-corrected chi connectivity index (χ2v) is 6.30. The summed E-state index contributed by atoms with van der Waals surface area (Å²) in [5.41, 5.74) is 0.682. The van der Waals surface area contributed by atoms with Crippen LogP contribution in [0.25, 0.3) is 0 Å². The average Bonchev–Trinajstić information content (AvgIpc) is 3.15. The maximum Gasteiger partial charge on any atom is 0.227 e. The van der Waals surface area contributed by atoms with E-state index in [0.29, 0.717) is 29.8 Å². The van der Waals surface area contributed by atoms with Crippen LogP contribution < -0.4 is 15.5 Å². The third kappa shape index (κ3) is 4.16. The van der Waals surface area contributed by atoms with Crippen molar-refractivity contribution in [2.24, 2.45) is 5.92 Å². The number of rotatable bonds is 4. The van der Waals surface area contributed by atoms with E-state index >= 15 is 0 Å². The van der Waals surface area contributed by atoms with Gasteiger partial charge in [0.25, 0.3) is 0 Å². The summed E-state index contributed by atoms with van der Waals surface area (Å²) in [5.74, 6) is -0.394. The Balaban J connectivity index is 0.00000192. The Kier molecular flexibility index (Phi) is 6.27. The fourth-order valence-electron chi connectivity index (χ4n) is 3.09. The first kappa shape index (κ1) is 18.0. The lowest BCUT2D eigenvalue weighted by Gasteiger charge is -2.18. The average molecular weight is 358 g/mol. The zero-order valence-corrected chi connectivity index (χ0v) is 14.3. The van der Waals surface area contributed by atoms with Crippen molar-refractivity contribution < 1.29 is 9.59 Å². The minimum atomic E-state index is -0.301. The molecule has 1 aromatic rings. The molecule has 0 radical (unpaired) electrons. The van der Waals surface area contributed by atoms with Crippen LogP contribution >= 0.6 is 24.0 Å². The summed E-state index contributed by atoms with van der Waals surface area (Å²) in [4.78, 5) is 26.0. The van der Waals surface area contributed by atoms with Crippen molar-refractivity contribution in [2.75, 3.05) is 24.5 Å². The summed E-state index contributed by atoms with van der Waals surface area (Å²) in [6.45, 7) is 2.05. The fourth-order valence-corrected chi connectivity index (χ4v) is 3.32. The van der Waals surface area contributed by atoms with Crippen LogP contribution in [-0.4, -0.2) is 37.5 Å². The van der Waals surface area contributed by atoms with Crippen molar-refractivity contribution in [2.45, 2.75) is 25.3 Å². The number of nitrogens with one attached hydrogen (secondary N) is 2. The molecule has 3 rings (SSSR count). The van der Waals surface area contributed by atoms with Gasteiger partial charge in [-0.05, 0) is 31.5 Å². The Morgan fingerprint density at radius 1 is 1.39 bits per heavy atom. The molecule has 2 heterocycles. The molecular weight excluding hydrogens is 337 g/mol. The van der Waals surface area contributed by atoms with E-state index < -0.39 is 0 Å². The van der Waals surface area contributed by atoms with Crippen molar-refractivity contribution in [3.05, 3.63) is 29.3 Å². The second kappa shape index (κ2) is 7.99. The van der Waals surface area contributed by atoms with Gasteiger partial charge in [-0.15, -0.1) is 12.4 Å². The highest BCUT2D eigenvalue weighted by atomic mass is 35.5. The maximum atomic E-state index is 12.3. The molecule has 23 heavy (non-hydrogen) atoms. The van der Waals surface area contributed by atoms with E-state index in [1.807, 2.05) is 18.2 Å². The number of amides is 2. The highest BCUT2D eigenvalue weighted by molar-refractivity contribution is 6.33. The third-order valence-corrected chi connectivity index (χ3v) is 4.64. The Morgan fingerprint density at radius 3 is 2.87 bits per heavy atom. The number of hydrogen-bond acceptors (Lipinski definition) is 3. The molecule has 2 N–H and O–H groups in total. The number of halogens is 2. The molecule has 2 amide bonds. The first-order chi connectivity index (χ1) is 10.6. The number of carbonyl (C=O) groups is 2. The third-order valence-electron chi connectivity index (χ3n) is 4.32. The van der Waals surface area contributed by atoms with Gasteiger partial charge in [0, 0.05) is 25.6 Å². The van der Waals surface area contributed by atoms with Crippen LogP contribution in [0.2, 0.25) is 5.02 Å². The molecule has 2 fully saturated rings. The summed E-state index contributed by atoms with van der Waals surface area (Å²) in [7, 11) is 0. The maximum absolute atomic E-state index is 12.3. The minimum absolute atomic E-state index is 0. The van der Waals surface area contributed by atoms with Gasteiger partial charge in [-0.25, -0.2) is 0 Å². The highest BCUT2D eigenvalue weighted by Gasteiger charge is 2.35. The van der Waals surface area contributed by atoms with Crippen LogP contribution in [0.3, 0.4) is 0 Å². The van der Waals surface area contributed by atoms with Gasteiger partial charge >= 0.3 is 0 Å². The summed E-state index contributed by atoms with van der Waals surface area (Å²) >= 11 is 6.14. The van der Waals surface area contributed by atoms with E-state index in [2.05, 4.69) is 10.6 Å². The molecule has 0 spiro atoms. The Hall–Kier alpha value is -1.30. The molecule has 2 aliphatic rings. The van der Waals surface area contributed by atoms with E-state index in [9.17, 15) is 9.59 Å². The number of nitrogens with zero attached hydrogens (tertiary/aromatic N) is 1. The van der Waals surface area contributed by atoms with Crippen molar-refractivity contribution in [1.29, 1.82) is 0 Å². The predicted molar refractivity (Wildman–Crippen MR) is 93.2 cm³/mol. The molecule has 2 saturated heterocycles. The molecule has 5 nitrogen and oxygen atoms in total. The standard InChI is InChI=1S/C16H20ClN3O2.ClH/c17-13-5-1-2-6-14(13)20-10-11(8-15(20)21)16(22)19-9-12-4-3-7-18-12;/h1-2,5-6,11-12,18H,3-4,7-10H2,(H,19,22);1H. The monoisotopic (exact) mass is 357 g/mol. The van der Waals surface area contributed by atoms with Gasteiger partial charge in [-0.2, -0.15) is 0 Å². The van der Waals surface area contributed by atoms with Crippen LogP contribution in [-0.2, 0) is 9.59 Å². The van der Waals surface area contributed by atoms with E-state index in [1.165, 1.54) is 0 Å². The summed E-state index contributed by atoms with van der Waals surface area (Å²) in [6, 6.07) is 7.59. The zero-order chi connectivity index (χ0) is 15.5. The molecule has 2 unspecified atom stereocenters. The first-order valence-electron chi connectivity index (χ1n) is 7.71. The Morgan fingerprint density at radius 2 is 2.17 bits per heavy atom. The minimum Gasteiger partial charge on any atom is -0.354 e. The number of carbonyl (C=O) groups excluding carboxylic acids is 2. The largest absolute Gasteiger partial charge is 0.354 e. The van der Waals surface area contributed by atoms with Crippen LogP contribution in [0.4, 0.5) is 5.69 Å². The lowest BCUT2D eigenvalue weighted by Crippen LogP contribution is -2.40. The zero-order valence-electron chi connectivity index (χ0n) is 12.8. The van der Waals surface area contributed by atoms with Crippen molar-refractivity contribution in [3.63, 3.8) is 0 Å². The summed E-state index contributed by atoms with van der Waals surface area (Å²) < 4.78 is 0. The van der Waals surface area contributed by atoms with Crippen LogP contribution in [0.15, 0.2) is 24.3 Å². The molecule has 126 valence electrons. The van der Waals surface area contributed by atoms with Gasteiger partial charge in [0.2, 0.25) is 11.8 Å². The molecule has 0 aliphatic carbocycles. The van der Waals surface area contributed by atoms with Gasteiger partial charge in [0.05, 0.1) is 16.6 Å². The fraction of sp³-hybridized carbons (Fsp3) is 0.500. The molecule has 7 heteroatoms. The van der Waals surface area contributed by atoms with E-state index in [1.54, 1.807) is 11.0 Å². The summed E-state index contributed by atoms with van der Waals surface area (Å²) in [5, 5.41) is 6.84.